The van der Waals surface area contributed by atoms with Crippen LogP contribution in [0.3, 0.4) is 0 Å². The van der Waals surface area contributed by atoms with Gasteiger partial charge in [0.25, 0.3) is 0 Å². The molecule has 0 radical (unpaired) electrons. The first-order chi connectivity index (χ1) is 6.59. The van der Waals surface area contributed by atoms with Crippen LogP contribution in [-0.2, 0) is 9.53 Å². The summed E-state index contributed by atoms with van der Waals surface area (Å²) in [4.78, 5) is 10.3. The zero-order chi connectivity index (χ0) is 10.6. The topological polar surface area (TPSA) is 108 Å². The molecule has 0 aromatic rings. The lowest BCUT2D eigenvalue weighted by Gasteiger charge is -2.12. The zero-order valence-corrected chi connectivity index (χ0v) is 7.82. The third kappa shape index (κ3) is 3.31. The first kappa shape index (κ1) is 10.9. The van der Waals surface area contributed by atoms with Crippen molar-refractivity contribution in [3.8, 4) is 0 Å². The van der Waals surface area contributed by atoms with Gasteiger partial charge in [-0.1, -0.05) is 0 Å². The molecule has 1 aliphatic heterocycles. The average Bonchev–Trinajstić information content (AvgIpc) is 2.51. The summed E-state index contributed by atoms with van der Waals surface area (Å²) in [5.41, 5.74) is 5.24. The molecule has 0 amide bonds. The largest absolute Gasteiger partial charge is 0.480 e. The van der Waals surface area contributed by atoms with Crippen LogP contribution in [0.5, 0.6) is 0 Å². The summed E-state index contributed by atoms with van der Waals surface area (Å²) in [6, 6.07) is -0.834. The van der Waals surface area contributed by atoms with E-state index in [1.807, 2.05) is 0 Å². The first-order valence-electron chi connectivity index (χ1n) is 4.49. The number of hydrogen-bond acceptors (Lipinski definition) is 4. The van der Waals surface area contributed by atoms with Crippen molar-refractivity contribution >= 4 is 11.8 Å². The van der Waals surface area contributed by atoms with Crippen molar-refractivity contribution in [2.75, 3.05) is 13.2 Å². The first-order valence-corrected chi connectivity index (χ1v) is 4.49. The highest BCUT2D eigenvalue weighted by atomic mass is 16.5. The highest BCUT2D eigenvalue weighted by Crippen LogP contribution is 2.06. The molecule has 2 atom stereocenters. The molecule has 1 fully saturated rings. The molecule has 14 heavy (non-hydrogen) atoms. The number of carbonyl (C=O) groups is 1. The van der Waals surface area contributed by atoms with E-state index in [0.717, 1.165) is 12.8 Å². The van der Waals surface area contributed by atoms with Crippen molar-refractivity contribution in [3.05, 3.63) is 0 Å². The fraction of sp³-hybridized carbons (Fsp3) is 0.750. The SMILES string of the molecule is N=C1CC[C@@H](COC[C@H](N)C(=O)O)N1. The van der Waals surface area contributed by atoms with Gasteiger partial charge in [-0.25, -0.2) is 0 Å². The summed E-state index contributed by atoms with van der Waals surface area (Å²) in [6.07, 6.45) is 1.60. The maximum atomic E-state index is 10.3. The molecule has 6 heteroatoms. The van der Waals surface area contributed by atoms with Gasteiger partial charge in [0, 0.05) is 6.42 Å². The van der Waals surface area contributed by atoms with Gasteiger partial charge in [0.05, 0.1) is 25.1 Å². The Morgan fingerprint density at radius 1 is 1.86 bits per heavy atom. The fourth-order valence-corrected chi connectivity index (χ4v) is 1.24. The highest BCUT2D eigenvalue weighted by molar-refractivity contribution is 5.81. The maximum Gasteiger partial charge on any atom is 0.322 e. The van der Waals surface area contributed by atoms with E-state index in [1.54, 1.807) is 0 Å². The molecular weight excluding hydrogens is 186 g/mol. The van der Waals surface area contributed by atoms with E-state index < -0.39 is 12.0 Å². The molecule has 0 aromatic carbocycles. The maximum absolute atomic E-state index is 10.3. The molecule has 1 aliphatic rings. The molecule has 80 valence electrons. The Hall–Kier alpha value is -1.14. The van der Waals surface area contributed by atoms with Crippen molar-refractivity contribution < 1.29 is 14.6 Å². The molecule has 0 unspecified atom stereocenters. The summed E-state index contributed by atoms with van der Waals surface area (Å²) >= 11 is 0. The van der Waals surface area contributed by atoms with Gasteiger partial charge >= 0.3 is 5.97 Å². The molecule has 1 rings (SSSR count). The van der Waals surface area contributed by atoms with E-state index >= 15 is 0 Å². The Morgan fingerprint density at radius 2 is 2.57 bits per heavy atom. The van der Waals surface area contributed by atoms with Crippen LogP contribution < -0.4 is 11.1 Å². The summed E-state index contributed by atoms with van der Waals surface area (Å²) in [6.45, 7) is 0.421. The lowest BCUT2D eigenvalue weighted by atomic mass is 10.2. The van der Waals surface area contributed by atoms with Crippen LogP contribution in [-0.4, -0.2) is 42.2 Å². The lowest BCUT2D eigenvalue weighted by molar-refractivity contribution is -0.140. The van der Waals surface area contributed by atoms with Gasteiger partial charge in [0.2, 0.25) is 0 Å². The number of carboxylic acids is 1. The fourth-order valence-electron chi connectivity index (χ4n) is 1.24. The second-order valence-corrected chi connectivity index (χ2v) is 3.34. The Morgan fingerprint density at radius 3 is 3.07 bits per heavy atom. The predicted octanol–water partition coefficient (Wildman–Crippen LogP) is -0.856. The molecule has 0 bridgehead atoms. The molecule has 5 N–H and O–H groups in total. The van der Waals surface area contributed by atoms with Gasteiger partial charge in [0.1, 0.15) is 6.04 Å². The van der Waals surface area contributed by atoms with Gasteiger partial charge in [-0.2, -0.15) is 0 Å². The molecule has 0 saturated carbocycles. The van der Waals surface area contributed by atoms with Crippen molar-refractivity contribution in [3.63, 3.8) is 0 Å². The number of ether oxygens (including phenoxy) is 1. The van der Waals surface area contributed by atoms with Crippen molar-refractivity contribution in [1.82, 2.24) is 5.32 Å². The van der Waals surface area contributed by atoms with Crippen LogP contribution in [0.1, 0.15) is 12.8 Å². The van der Waals surface area contributed by atoms with E-state index in [9.17, 15) is 4.79 Å². The monoisotopic (exact) mass is 201 g/mol. The lowest BCUT2D eigenvalue weighted by Crippen LogP contribution is -2.37. The molecule has 1 heterocycles. The van der Waals surface area contributed by atoms with Crippen LogP contribution in [0.15, 0.2) is 0 Å². The minimum Gasteiger partial charge on any atom is -0.480 e. The van der Waals surface area contributed by atoms with Crippen LogP contribution in [0, 0.1) is 5.41 Å². The molecule has 0 spiro atoms. The normalized spacial score (nSPS) is 23.2. The van der Waals surface area contributed by atoms with E-state index in [1.165, 1.54) is 0 Å². The van der Waals surface area contributed by atoms with Crippen LogP contribution in [0.2, 0.25) is 0 Å². The number of aliphatic carboxylic acids is 1. The standard InChI is InChI=1S/C8H15N3O3/c9-6(8(12)13)4-14-3-5-1-2-7(10)11-5/h5-6H,1-4,9H2,(H2,10,11)(H,12,13)/t5-,6-/m0/s1. The van der Waals surface area contributed by atoms with Crippen LogP contribution in [0.25, 0.3) is 0 Å². The quantitative estimate of drug-likeness (QED) is 0.463. The molecule has 6 nitrogen and oxygen atoms in total. The third-order valence-electron chi connectivity index (χ3n) is 2.05. The molecule has 0 aromatic heterocycles. The van der Waals surface area contributed by atoms with E-state index in [-0.39, 0.29) is 12.6 Å². The van der Waals surface area contributed by atoms with E-state index in [0.29, 0.717) is 12.4 Å². The van der Waals surface area contributed by atoms with Crippen molar-refractivity contribution in [2.24, 2.45) is 5.73 Å². The molecule has 1 saturated heterocycles. The van der Waals surface area contributed by atoms with Gasteiger partial charge in [0.15, 0.2) is 0 Å². The minimum atomic E-state index is -1.06. The van der Waals surface area contributed by atoms with Crippen LogP contribution >= 0.6 is 0 Å². The Balaban J connectivity index is 2.09. The number of carboxylic acid groups (broad SMARTS) is 1. The second kappa shape index (κ2) is 4.92. The summed E-state index contributed by atoms with van der Waals surface area (Å²) in [7, 11) is 0. The highest BCUT2D eigenvalue weighted by Gasteiger charge is 2.19. The number of nitrogens with one attached hydrogen (secondary N) is 2. The van der Waals surface area contributed by atoms with Gasteiger partial charge in [-0.05, 0) is 6.42 Å². The third-order valence-corrected chi connectivity index (χ3v) is 2.05. The summed E-state index contributed by atoms with van der Waals surface area (Å²) in [5, 5.41) is 18.7. The Bertz CT molecular complexity index is 232. The summed E-state index contributed by atoms with van der Waals surface area (Å²) < 4.78 is 5.12. The van der Waals surface area contributed by atoms with Gasteiger partial charge in [-0.3, -0.25) is 10.2 Å². The van der Waals surface area contributed by atoms with Crippen molar-refractivity contribution in [1.29, 1.82) is 5.41 Å². The zero-order valence-electron chi connectivity index (χ0n) is 7.82. The number of rotatable bonds is 5. The number of amidine groups is 1. The summed E-state index contributed by atoms with van der Waals surface area (Å²) in [5.74, 6) is -0.543. The van der Waals surface area contributed by atoms with Crippen molar-refractivity contribution in [2.45, 2.75) is 24.9 Å². The minimum absolute atomic E-state index is 0.0147. The van der Waals surface area contributed by atoms with Gasteiger partial charge in [-0.15, -0.1) is 0 Å². The number of hydrogen-bond donors (Lipinski definition) is 4. The molecular formula is C8H15N3O3. The van der Waals surface area contributed by atoms with E-state index in [2.05, 4.69) is 5.32 Å². The number of nitrogens with two attached hydrogens (primary N) is 1. The second-order valence-electron chi connectivity index (χ2n) is 3.34. The Labute approximate surface area is 81.9 Å². The predicted molar refractivity (Wildman–Crippen MR) is 50.3 cm³/mol. The Kier molecular flexibility index (Phi) is 3.84. The van der Waals surface area contributed by atoms with Gasteiger partial charge < -0.3 is 20.9 Å². The smallest absolute Gasteiger partial charge is 0.322 e. The van der Waals surface area contributed by atoms with E-state index in [4.69, 9.17) is 21.0 Å². The average molecular weight is 201 g/mol. The molecule has 0 aliphatic carbocycles. The van der Waals surface area contributed by atoms with Crippen LogP contribution in [0.4, 0.5) is 0 Å².